The Bertz CT molecular complexity index is 668. The van der Waals surface area contributed by atoms with E-state index in [0.29, 0.717) is 29.0 Å². The van der Waals surface area contributed by atoms with Crippen LogP contribution in [0.4, 0.5) is 0 Å². The molecule has 0 unspecified atom stereocenters. The molecule has 1 heterocycles. The molecule has 1 aliphatic heterocycles. The van der Waals surface area contributed by atoms with Gasteiger partial charge in [-0.1, -0.05) is 18.0 Å². The highest BCUT2D eigenvalue weighted by Crippen LogP contribution is 2.46. The Morgan fingerprint density at radius 2 is 1.65 bits per heavy atom. The third-order valence-corrected chi connectivity index (χ3v) is 8.06. The number of nitrogens with zero attached hydrogens (tertiary/aromatic N) is 2. The summed E-state index contributed by atoms with van der Waals surface area (Å²) < 4.78 is 27.1. The van der Waals surface area contributed by atoms with Gasteiger partial charge in [-0.2, -0.15) is 4.31 Å². The SMILES string of the molecule is O=S(=O)(c1ccc(Cl)cc1)N1CCN([C@H]2C[C@H]3CC[C@@H]2C3)CC1. The fraction of sp³-hybridized carbons (Fsp3) is 0.647. The molecule has 0 N–H and O–H groups in total. The minimum absolute atomic E-state index is 0.343. The number of piperazine rings is 1. The molecule has 0 spiro atoms. The molecule has 2 aliphatic carbocycles. The van der Waals surface area contributed by atoms with Crippen LogP contribution < -0.4 is 0 Å². The summed E-state index contributed by atoms with van der Waals surface area (Å²) in [7, 11) is -3.39. The van der Waals surface area contributed by atoms with Crippen molar-refractivity contribution in [3.63, 3.8) is 0 Å². The second-order valence-corrected chi connectivity index (χ2v) is 9.51. The van der Waals surface area contributed by atoms with Crippen LogP contribution in [0.1, 0.15) is 25.7 Å². The van der Waals surface area contributed by atoms with E-state index in [1.165, 1.54) is 25.7 Å². The molecule has 0 amide bonds. The largest absolute Gasteiger partial charge is 0.297 e. The third-order valence-electron chi connectivity index (χ3n) is 5.89. The molecule has 4 rings (SSSR count). The highest BCUT2D eigenvalue weighted by Gasteiger charge is 2.43. The van der Waals surface area contributed by atoms with Crippen LogP contribution in [-0.2, 0) is 10.0 Å². The fourth-order valence-electron chi connectivity index (χ4n) is 4.69. The first-order valence-electron chi connectivity index (χ1n) is 8.54. The van der Waals surface area contributed by atoms with E-state index in [4.69, 9.17) is 11.6 Å². The number of fused-ring (bicyclic) bond motifs is 2. The lowest BCUT2D eigenvalue weighted by Crippen LogP contribution is -2.53. The van der Waals surface area contributed by atoms with Gasteiger partial charge in [-0.3, -0.25) is 4.90 Å². The molecule has 2 saturated carbocycles. The number of hydrogen-bond donors (Lipinski definition) is 0. The van der Waals surface area contributed by atoms with Crippen LogP contribution in [-0.4, -0.2) is 49.8 Å². The first-order valence-corrected chi connectivity index (χ1v) is 10.4. The molecule has 126 valence electrons. The topological polar surface area (TPSA) is 40.6 Å². The van der Waals surface area contributed by atoms with Gasteiger partial charge in [-0.25, -0.2) is 8.42 Å². The van der Waals surface area contributed by atoms with Crippen LogP contribution >= 0.6 is 11.6 Å². The van der Waals surface area contributed by atoms with E-state index in [-0.39, 0.29) is 0 Å². The summed E-state index contributed by atoms with van der Waals surface area (Å²) >= 11 is 5.86. The predicted molar refractivity (Wildman–Crippen MR) is 91.0 cm³/mol. The lowest BCUT2D eigenvalue weighted by atomic mass is 9.93. The van der Waals surface area contributed by atoms with Gasteiger partial charge in [0.15, 0.2) is 0 Å². The fourth-order valence-corrected chi connectivity index (χ4v) is 6.24. The molecule has 3 aliphatic rings. The molecular formula is C17H23ClN2O2S. The number of benzene rings is 1. The van der Waals surface area contributed by atoms with Gasteiger partial charge in [-0.15, -0.1) is 0 Å². The summed E-state index contributed by atoms with van der Waals surface area (Å²) in [4.78, 5) is 2.88. The molecule has 1 saturated heterocycles. The Morgan fingerprint density at radius 3 is 2.22 bits per heavy atom. The van der Waals surface area contributed by atoms with E-state index in [1.807, 2.05) is 0 Å². The number of rotatable bonds is 3. The molecule has 4 nitrogen and oxygen atoms in total. The van der Waals surface area contributed by atoms with Gasteiger partial charge in [0.1, 0.15) is 0 Å². The van der Waals surface area contributed by atoms with E-state index in [1.54, 1.807) is 28.6 Å². The zero-order valence-electron chi connectivity index (χ0n) is 13.2. The van der Waals surface area contributed by atoms with Crippen molar-refractivity contribution in [1.82, 2.24) is 9.21 Å². The highest BCUT2D eigenvalue weighted by molar-refractivity contribution is 7.89. The standard InChI is InChI=1S/C17H23ClN2O2S/c18-15-3-5-16(6-4-15)23(21,22)20-9-7-19(8-10-20)17-12-13-1-2-14(17)11-13/h3-6,13-14,17H,1-2,7-12H2/t13-,14+,17-/m0/s1. The van der Waals surface area contributed by atoms with Crippen molar-refractivity contribution in [2.45, 2.75) is 36.6 Å². The smallest absolute Gasteiger partial charge is 0.243 e. The first-order chi connectivity index (χ1) is 11.0. The summed E-state index contributed by atoms with van der Waals surface area (Å²) in [5.74, 6) is 1.79. The van der Waals surface area contributed by atoms with Gasteiger partial charge >= 0.3 is 0 Å². The van der Waals surface area contributed by atoms with E-state index in [2.05, 4.69) is 4.90 Å². The van der Waals surface area contributed by atoms with Crippen LogP contribution in [0.15, 0.2) is 29.2 Å². The summed E-state index contributed by atoms with van der Waals surface area (Å²) in [5.41, 5.74) is 0. The molecular weight excluding hydrogens is 332 g/mol. The second-order valence-electron chi connectivity index (χ2n) is 7.14. The molecule has 3 atom stereocenters. The number of halogens is 1. The van der Waals surface area contributed by atoms with Gasteiger partial charge in [-0.05, 0) is 55.4 Å². The van der Waals surface area contributed by atoms with Crippen molar-refractivity contribution in [2.75, 3.05) is 26.2 Å². The van der Waals surface area contributed by atoms with E-state index >= 15 is 0 Å². The molecule has 3 fully saturated rings. The quantitative estimate of drug-likeness (QED) is 0.838. The molecule has 6 heteroatoms. The Hall–Kier alpha value is -0.620. The Kier molecular flexibility index (Phi) is 4.16. The van der Waals surface area contributed by atoms with E-state index in [0.717, 1.165) is 24.9 Å². The van der Waals surface area contributed by atoms with E-state index in [9.17, 15) is 8.42 Å². The van der Waals surface area contributed by atoms with Gasteiger partial charge in [0.2, 0.25) is 10.0 Å². The van der Waals surface area contributed by atoms with E-state index < -0.39 is 10.0 Å². The minimum atomic E-state index is -3.39. The van der Waals surface area contributed by atoms with Crippen LogP contribution in [0.5, 0.6) is 0 Å². The minimum Gasteiger partial charge on any atom is -0.297 e. The van der Waals surface area contributed by atoms with Crippen molar-refractivity contribution >= 4 is 21.6 Å². The van der Waals surface area contributed by atoms with Crippen LogP contribution in [0.25, 0.3) is 0 Å². The zero-order chi connectivity index (χ0) is 16.0. The monoisotopic (exact) mass is 354 g/mol. The predicted octanol–water partition coefficient (Wildman–Crippen LogP) is 2.83. The first kappa shape index (κ1) is 15.9. The van der Waals surface area contributed by atoms with Crippen molar-refractivity contribution in [3.05, 3.63) is 29.3 Å². The number of hydrogen-bond acceptors (Lipinski definition) is 3. The van der Waals surface area contributed by atoms with Crippen molar-refractivity contribution < 1.29 is 8.42 Å². The van der Waals surface area contributed by atoms with Gasteiger partial charge in [0.25, 0.3) is 0 Å². The summed E-state index contributed by atoms with van der Waals surface area (Å²) in [6.07, 6.45) is 5.51. The molecule has 0 aromatic heterocycles. The summed E-state index contributed by atoms with van der Waals surface area (Å²) in [5, 5.41) is 0.560. The second kappa shape index (κ2) is 6.03. The maximum absolute atomic E-state index is 12.7. The maximum Gasteiger partial charge on any atom is 0.243 e. The highest BCUT2D eigenvalue weighted by atomic mass is 35.5. The molecule has 2 bridgehead atoms. The van der Waals surface area contributed by atoms with Crippen LogP contribution in [0.2, 0.25) is 5.02 Å². The average molecular weight is 355 g/mol. The summed E-state index contributed by atoms with van der Waals surface area (Å²) in [6.45, 7) is 2.92. The average Bonchev–Trinajstić information content (AvgIpc) is 3.18. The lowest BCUT2D eigenvalue weighted by Gasteiger charge is -2.40. The molecule has 1 aromatic rings. The van der Waals surface area contributed by atoms with Crippen LogP contribution in [0.3, 0.4) is 0 Å². The third kappa shape index (κ3) is 2.93. The lowest BCUT2D eigenvalue weighted by molar-refractivity contribution is 0.101. The van der Waals surface area contributed by atoms with Crippen molar-refractivity contribution in [2.24, 2.45) is 11.8 Å². The zero-order valence-corrected chi connectivity index (χ0v) is 14.8. The van der Waals surface area contributed by atoms with Gasteiger partial charge in [0, 0.05) is 37.2 Å². The maximum atomic E-state index is 12.7. The van der Waals surface area contributed by atoms with Crippen LogP contribution in [0, 0.1) is 11.8 Å². The molecule has 23 heavy (non-hydrogen) atoms. The summed E-state index contributed by atoms with van der Waals surface area (Å²) in [6, 6.07) is 7.17. The Labute approximate surface area is 143 Å². The van der Waals surface area contributed by atoms with Gasteiger partial charge in [0.05, 0.1) is 4.90 Å². The van der Waals surface area contributed by atoms with Gasteiger partial charge < -0.3 is 0 Å². The number of sulfonamides is 1. The molecule has 0 radical (unpaired) electrons. The normalized spacial score (nSPS) is 32.5. The molecule has 1 aromatic carbocycles. The Morgan fingerprint density at radius 1 is 0.957 bits per heavy atom. The Balaban J connectivity index is 1.42. The van der Waals surface area contributed by atoms with Crippen molar-refractivity contribution in [1.29, 1.82) is 0 Å². The van der Waals surface area contributed by atoms with Crippen molar-refractivity contribution in [3.8, 4) is 0 Å².